The molecule has 0 aliphatic carbocycles. The van der Waals surface area contributed by atoms with Gasteiger partial charge in [0.1, 0.15) is 13.2 Å². The second-order valence-electron chi connectivity index (χ2n) is 7.75. The highest BCUT2D eigenvalue weighted by Gasteiger charge is 2.12. The minimum atomic E-state index is -0.649. The Morgan fingerprint density at radius 2 is 1.52 bits per heavy atom. The van der Waals surface area contributed by atoms with Crippen LogP contribution in [0.2, 0.25) is 0 Å². The molecule has 1 aromatic rings. The van der Waals surface area contributed by atoms with E-state index in [-0.39, 0.29) is 25.5 Å². The predicted octanol–water partition coefficient (Wildman–Crippen LogP) is 4.91. The Kier molecular flexibility index (Phi) is 14.8. The van der Waals surface area contributed by atoms with Crippen LogP contribution in [0.25, 0.3) is 0 Å². The molecule has 29 heavy (non-hydrogen) atoms. The van der Waals surface area contributed by atoms with Gasteiger partial charge in [0.05, 0.1) is 12.5 Å². The van der Waals surface area contributed by atoms with Gasteiger partial charge in [-0.25, -0.2) is 0 Å². The van der Waals surface area contributed by atoms with Gasteiger partial charge in [-0.05, 0) is 12.0 Å². The average molecular weight is 406 g/mol. The quantitative estimate of drug-likeness (QED) is 0.285. The molecule has 0 aromatic heterocycles. The van der Waals surface area contributed by atoms with E-state index in [1.165, 1.54) is 51.4 Å². The molecule has 1 aromatic carbocycles. The van der Waals surface area contributed by atoms with Gasteiger partial charge in [-0.2, -0.15) is 0 Å². The zero-order chi connectivity index (χ0) is 21.2. The first-order chi connectivity index (χ1) is 14.1. The van der Waals surface area contributed by atoms with E-state index in [1.54, 1.807) is 0 Å². The fourth-order valence-electron chi connectivity index (χ4n) is 3.22. The molecular formula is C24H39NO4. The summed E-state index contributed by atoms with van der Waals surface area (Å²) < 4.78 is 5.11. The summed E-state index contributed by atoms with van der Waals surface area (Å²) in [5.41, 5.74) is 0.902. The lowest BCUT2D eigenvalue weighted by molar-refractivity contribution is -0.145. The Bertz CT molecular complexity index is 547. The van der Waals surface area contributed by atoms with Crippen LogP contribution < -0.4 is 5.32 Å². The Hall–Kier alpha value is -1.88. The molecule has 0 fully saturated rings. The maximum Gasteiger partial charge on any atom is 0.325 e. The molecular weight excluding hydrogens is 366 g/mol. The number of nitrogens with one attached hydrogen (secondary N) is 1. The van der Waals surface area contributed by atoms with Gasteiger partial charge in [0.15, 0.2) is 0 Å². The number of esters is 1. The van der Waals surface area contributed by atoms with E-state index in [4.69, 9.17) is 4.74 Å². The van der Waals surface area contributed by atoms with E-state index in [2.05, 4.69) is 12.2 Å². The SMILES string of the molecule is CCCCCCCCCCCCC(O)CC(=O)NCC(=O)OCc1ccccc1. The smallest absolute Gasteiger partial charge is 0.325 e. The molecule has 5 heteroatoms. The van der Waals surface area contributed by atoms with Crippen molar-refractivity contribution in [3.05, 3.63) is 35.9 Å². The van der Waals surface area contributed by atoms with Crippen molar-refractivity contribution in [2.24, 2.45) is 0 Å². The second kappa shape index (κ2) is 17.0. The number of hydrogen-bond donors (Lipinski definition) is 2. The number of aliphatic hydroxyl groups excluding tert-OH is 1. The lowest BCUT2D eigenvalue weighted by Crippen LogP contribution is -2.32. The summed E-state index contributed by atoms with van der Waals surface area (Å²) in [6, 6.07) is 9.39. The minimum Gasteiger partial charge on any atom is -0.460 e. The largest absolute Gasteiger partial charge is 0.460 e. The first-order valence-corrected chi connectivity index (χ1v) is 11.3. The molecule has 0 aliphatic heterocycles. The van der Waals surface area contributed by atoms with Crippen LogP contribution in [-0.2, 0) is 20.9 Å². The monoisotopic (exact) mass is 405 g/mol. The summed E-state index contributed by atoms with van der Waals surface area (Å²) in [7, 11) is 0. The first kappa shape index (κ1) is 25.2. The fraction of sp³-hybridized carbons (Fsp3) is 0.667. The molecule has 2 N–H and O–H groups in total. The van der Waals surface area contributed by atoms with Crippen LogP contribution >= 0.6 is 0 Å². The van der Waals surface area contributed by atoms with Crippen molar-refractivity contribution in [2.45, 2.75) is 96.7 Å². The Morgan fingerprint density at radius 1 is 0.931 bits per heavy atom. The summed E-state index contributed by atoms with van der Waals surface area (Å²) in [4.78, 5) is 23.5. The fourth-order valence-corrected chi connectivity index (χ4v) is 3.22. The van der Waals surface area contributed by atoms with Crippen molar-refractivity contribution in [1.29, 1.82) is 0 Å². The van der Waals surface area contributed by atoms with Crippen LogP contribution in [-0.4, -0.2) is 29.6 Å². The van der Waals surface area contributed by atoms with Gasteiger partial charge >= 0.3 is 5.97 Å². The molecule has 0 radical (unpaired) electrons. The van der Waals surface area contributed by atoms with Crippen molar-refractivity contribution < 1.29 is 19.4 Å². The molecule has 0 aliphatic rings. The third-order valence-corrected chi connectivity index (χ3v) is 4.98. The van der Waals surface area contributed by atoms with Crippen molar-refractivity contribution in [3.8, 4) is 0 Å². The van der Waals surface area contributed by atoms with Crippen LogP contribution in [0.1, 0.15) is 89.5 Å². The van der Waals surface area contributed by atoms with Gasteiger partial charge in [0.2, 0.25) is 5.91 Å². The summed E-state index contributed by atoms with van der Waals surface area (Å²) in [5.74, 6) is -0.798. The molecule has 0 heterocycles. The number of benzene rings is 1. The van der Waals surface area contributed by atoms with Crippen LogP contribution in [0.4, 0.5) is 0 Å². The normalized spacial score (nSPS) is 11.8. The molecule has 0 saturated carbocycles. The van der Waals surface area contributed by atoms with Crippen LogP contribution in [0.15, 0.2) is 30.3 Å². The lowest BCUT2D eigenvalue weighted by atomic mass is 10.0. The highest BCUT2D eigenvalue weighted by atomic mass is 16.5. The summed E-state index contributed by atoms with van der Waals surface area (Å²) in [6.07, 6.45) is 12.5. The summed E-state index contributed by atoms with van der Waals surface area (Å²) >= 11 is 0. The Labute approximate surface area is 176 Å². The molecule has 0 bridgehead atoms. The van der Waals surface area contributed by atoms with Crippen LogP contribution in [0.5, 0.6) is 0 Å². The van der Waals surface area contributed by atoms with Crippen molar-refractivity contribution in [2.75, 3.05) is 6.54 Å². The van der Waals surface area contributed by atoms with Crippen LogP contribution in [0.3, 0.4) is 0 Å². The van der Waals surface area contributed by atoms with E-state index in [9.17, 15) is 14.7 Å². The molecule has 1 amide bonds. The third kappa shape index (κ3) is 14.7. The zero-order valence-corrected chi connectivity index (χ0v) is 18.0. The van der Waals surface area contributed by atoms with Crippen molar-refractivity contribution >= 4 is 11.9 Å². The van der Waals surface area contributed by atoms with Gasteiger partial charge in [-0.15, -0.1) is 0 Å². The Balaban J connectivity index is 1.96. The highest BCUT2D eigenvalue weighted by Crippen LogP contribution is 2.12. The number of carbonyl (C=O) groups is 2. The number of ether oxygens (including phenoxy) is 1. The molecule has 1 atom stereocenters. The lowest BCUT2D eigenvalue weighted by Gasteiger charge is -2.11. The number of hydrogen-bond acceptors (Lipinski definition) is 4. The molecule has 1 rings (SSSR count). The number of carbonyl (C=O) groups excluding carboxylic acids is 2. The number of rotatable bonds is 17. The molecule has 5 nitrogen and oxygen atoms in total. The second-order valence-corrected chi connectivity index (χ2v) is 7.75. The van der Waals surface area contributed by atoms with E-state index < -0.39 is 12.1 Å². The van der Waals surface area contributed by atoms with E-state index >= 15 is 0 Å². The summed E-state index contributed by atoms with van der Waals surface area (Å²) in [6.45, 7) is 2.26. The number of aliphatic hydroxyl groups is 1. The van der Waals surface area contributed by atoms with E-state index in [1.807, 2.05) is 30.3 Å². The molecule has 1 unspecified atom stereocenters. The maximum absolute atomic E-state index is 11.8. The van der Waals surface area contributed by atoms with Gasteiger partial charge in [0, 0.05) is 0 Å². The standard InChI is InChI=1S/C24H39NO4/c1-2-3-4-5-6-7-8-9-10-14-17-22(26)18-23(27)25-19-24(28)29-20-21-15-12-11-13-16-21/h11-13,15-16,22,26H,2-10,14,17-20H2,1H3,(H,25,27). The van der Waals surface area contributed by atoms with Gasteiger partial charge in [-0.3, -0.25) is 9.59 Å². The Morgan fingerprint density at radius 3 is 2.14 bits per heavy atom. The summed E-state index contributed by atoms with van der Waals surface area (Å²) in [5, 5.41) is 12.5. The number of unbranched alkanes of at least 4 members (excludes halogenated alkanes) is 9. The van der Waals surface area contributed by atoms with Gasteiger partial charge in [0.25, 0.3) is 0 Å². The van der Waals surface area contributed by atoms with Crippen LogP contribution in [0, 0.1) is 0 Å². The van der Waals surface area contributed by atoms with Gasteiger partial charge in [-0.1, -0.05) is 101 Å². The van der Waals surface area contributed by atoms with Gasteiger partial charge < -0.3 is 15.2 Å². The minimum absolute atomic E-state index is 0.0311. The van der Waals surface area contributed by atoms with E-state index in [0.717, 1.165) is 18.4 Å². The highest BCUT2D eigenvalue weighted by molar-refractivity contribution is 5.82. The van der Waals surface area contributed by atoms with Crippen molar-refractivity contribution in [3.63, 3.8) is 0 Å². The number of amides is 1. The maximum atomic E-state index is 11.8. The molecule has 0 spiro atoms. The first-order valence-electron chi connectivity index (χ1n) is 11.3. The third-order valence-electron chi connectivity index (χ3n) is 4.98. The van der Waals surface area contributed by atoms with Crippen molar-refractivity contribution in [1.82, 2.24) is 5.32 Å². The molecule has 164 valence electrons. The molecule has 0 saturated heterocycles. The zero-order valence-electron chi connectivity index (χ0n) is 18.0. The topological polar surface area (TPSA) is 75.6 Å². The predicted molar refractivity (Wildman–Crippen MR) is 116 cm³/mol. The average Bonchev–Trinajstić information content (AvgIpc) is 2.73. The van der Waals surface area contributed by atoms with E-state index in [0.29, 0.717) is 6.42 Å².